The predicted octanol–water partition coefficient (Wildman–Crippen LogP) is 3.72. The van der Waals surface area contributed by atoms with Crippen LogP contribution in [0.4, 0.5) is 0 Å². The van der Waals surface area contributed by atoms with Crippen molar-refractivity contribution in [1.29, 1.82) is 0 Å². The summed E-state index contributed by atoms with van der Waals surface area (Å²) in [5.74, 6) is 0.550. The zero-order chi connectivity index (χ0) is 19.6. The normalized spacial score (nSPS) is 11.8. The third-order valence-electron chi connectivity index (χ3n) is 3.92. The molecule has 2 aromatic rings. The summed E-state index contributed by atoms with van der Waals surface area (Å²) in [6, 6.07) is 17.5. The second-order valence-electron chi connectivity index (χ2n) is 6.01. The molecule has 5 nitrogen and oxygen atoms in total. The van der Waals surface area contributed by atoms with Gasteiger partial charge in [-0.15, -0.1) is 0 Å². The van der Waals surface area contributed by atoms with Gasteiger partial charge in [-0.1, -0.05) is 55.1 Å². The predicted molar refractivity (Wildman–Crippen MR) is 109 cm³/mol. The number of aliphatic imine (C=N–C) groups is 1. The molecule has 3 N–H and O–H groups in total. The maximum Gasteiger partial charge on any atom is 0.254 e. The van der Waals surface area contributed by atoms with Crippen LogP contribution in [-0.2, 0) is 17.9 Å². The van der Waals surface area contributed by atoms with Crippen LogP contribution in [0.1, 0.15) is 25.0 Å². The van der Waals surface area contributed by atoms with Crippen molar-refractivity contribution >= 4 is 11.7 Å². The van der Waals surface area contributed by atoms with Gasteiger partial charge in [-0.3, -0.25) is 4.79 Å². The number of nitrogens with two attached hydrogens (primary N) is 1. The standard InChI is InChI=1S/C22H25N3O2/c1-4-16(2)25-21(23)17(3)22(26)24-14-18-10-12-20(13-11-18)27-15-19-8-6-5-7-9-19/h4-13H,3,14-15H2,1-2H3,(H2,23,25)(H,24,26)/b16-4-. The summed E-state index contributed by atoms with van der Waals surface area (Å²) >= 11 is 0. The lowest BCUT2D eigenvalue weighted by atomic mass is 10.2. The van der Waals surface area contributed by atoms with Crippen LogP contribution in [0, 0.1) is 0 Å². The van der Waals surface area contributed by atoms with E-state index in [1.54, 1.807) is 13.0 Å². The molecule has 0 radical (unpaired) electrons. The Morgan fingerprint density at radius 3 is 2.44 bits per heavy atom. The Bertz CT molecular complexity index is 838. The average molecular weight is 363 g/mol. The van der Waals surface area contributed by atoms with E-state index < -0.39 is 0 Å². The monoisotopic (exact) mass is 363 g/mol. The molecule has 0 bridgehead atoms. The highest BCUT2D eigenvalue weighted by atomic mass is 16.5. The first-order valence-corrected chi connectivity index (χ1v) is 8.70. The lowest BCUT2D eigenvalue weighted by molar-refractivity contribution is -0.117. The maximum atomic E-state index is 12.1. The van der Waals surface area contributed by atoms with E-state index in [2.05, 4.69) is 16.9 Å². The number of nitrogens with zero attached hydrogens (tertiary/aromatic N) is 1. The quantitative estimate of drug-likeness (QED) is 0.426. The van der Waals surface area contributed by atoms with Crippen LogP contribution in [0.2, 0.25) is 0 Å². The fraction of sp³-hybridized carbons (Fsp3) is 0.182. The van der Waals surface area contributed by atoms with Gasteiger partial charge in [-0.25, -0.2) is 4.99 Å². The number of amidine groups is 1. The number of allylic oxidation sites excluding steroid dienone is 2. The number of benzene rings is 2. The molecule has 0 aliphatic carbocycles. The first-order chi connectivity index (χ1) is 13.0. The summed E-state index contributed by atoms with van der Waals surface area (Å²) in [5, 5.41) is 2.79. The second-order valence-corrected chi connectivity index (χ2v) is 6.01. The van der Waals surface area contributed by atoms with Crippen molar-refractivity contribution in [1.82, 2.24) is 5.32 Å². The van der Waals surface area contributed by atoms with Crippen molar-refractivity contribution in [3.63, 3.8) is 0 Å². The van der Waals surface area contributed by atoms with Crippen LogP contribution >= 0.6 is 0 Å². The molecule has 2 rings (SSSR count). The van der Waals surface area contributed by atoms with Crippen LogP contribution in [0.25, 0.3) is 0 Å². The highest BCUT2D eigenvalue weighted by Crippen LogP contribution is 2.14. The molecule has 0 fully saturated rings. The van der Waals surface area contributed by atoms with Crippen molar-refractivity contribution in [3.05, 3.63) is 89.6 Å². The Labute approximate surface area is 160 Å². The van der Waals surface area contributed by atoms with E-state index in [1.165, 1.54) is 0 Å². The third kappa shape index (κ3) is 6.47. The summed E-state index contributed by atoms with van der Waals surface area (Å²) < 4.78 is 5.75. The molecular formula is C22H25N3O2. The smallest absolute Gasteiger partial charge is 0.254 e. The molecular weight excluding hydrogens is 338 g/mol. The number of rotatable bonds is 8. The Morgan fingerprint density at radius 1 is 1.15 bits per heavy atom. The van der Waals surface area contributed by atoms with Crippen LogP contribution < -0.4 is 15.8 Å². The minimum absolute atomic E-state index is 0.118. The molecule has 0 spiro atoms. The van der Waals surface area contributed by atoms with Crippen LogP contribution in [0.15, 0.2) is 83.5 Å². The molecule has 0 aliphatic heterocycles. The van der Waals surface area contributed by atoms with Crippen LogP contribution in [-0.4, -0.2) is 11.7 Å². The minimum Gasteiger partial charge on any atom is -0.489 e. The van der Waals surface area contributed by atoms with E-state index in [-0.39, 0.29) is 17.3 Å². The fourth-order valence-corrected chi connectivity index (χ4v) is 2.17. The average Bonchev–Trinajstić information content (AvgIpc) is 2.71. The highest BCUT2D eigenvalue weighted by molar-refractivity contribution is 6.19. The fourth-order valence-electron chi connectivity index (χ4n) is 2.17. The minimum atomic E-state index is -0.343. The molecule has 2 aromatic carbocycles. The van der Waals surface area contributed by atoms with Crippen molar-refractivity contribution in [2.75, 3.05) is 0 Å². The van der Waals surface area contributed by atoms with E-state index in [4.69, 9.17) is 10.5 Å². The van der Waals surface area contributed by atoms with Gasteiger partial charge < -0.3 is 15.8 Å². The number of carbonyl (C=O) groups excluding carboxylic acids is 1. The number of ether oxygens (including phenoxy) is 1. The molecule has 140 valence electrons. The number of hydrogen-bond acceptors (Lipinski definition) is 3. The first kappa shape index (κ1) is 20.0. The number of hydrogen-bond donors (Lipinski definition) is 2. The van der Waals surface area contributed by atoms with Crippen LogP contribution in [0.3, 0.4) is 0 Å². The van der Waals surface area contributed by atoms with Gasteiger partial charge >= 0.3 is 0 Å². The molecule has 27 heavy (non-hydrogen) atoms. The van der Waals surface area contributed by atoms with Gasteiger partial charge in [-0.2, -0.15) is 0 Å². The molecule has 1 amide bonds. The summed E-state index contributed by atoms with van der Waals surface area (Å²) in [4.78, 5) is 16.2. The molecule has 0 aliphatic rings. The van der Waals surface area contributed by atoms with Gasteiger partial charge in [-0.05, 0) is 37.1 Å². The summed E-state index contributed by atoms with van der Waals surface area (Å²) in [6.07, 6.45) is 1.81. The number of amides is 1. The van der Waals surface area contributed by atoms with Crippen LogP contribution in [0.5, 0.6) is 5.75 Å². The molecule has 0 atom stereocenters. The molecule has 0 aromatic heterocycles. The zero-order valence-electron chi connectivity index (χ0n) is 15.7. The van der Waals surface area contributed by atoms with Gasteiger partial charge in [0, 0.05) is 12.2 Å². The summed E-state index contributed by atoms with van der Waals surface area (Å²) in [6.45, 7) is 8.24. The topological polar surface area (TPSA) is 76.7 Å². The van der Waals surface area contributed by atoms with Crippen molar-refractivity contribution in [2.24, 2.45) is 10.7 Å². The van der Waals surface area contributed by atoms with Crippen molar-refractivity contribution < 1.29 is 9.53 Å². The van der Waals surface area contributed by atoms with E-state index in [0.29, 0.717) is 13.2 Å². The zero-order valence-corrected chi connectivity index (χ0v) is 15.7. The van der Waals surface area contributed by atoms with E-state index >= 15 is 0 Å². The van der Waals surface area contributed by atoms with Gasteiger partial charge in [0.2, 0.25) is 0 Å². The second kappa shape index (κ2) is 9.97. The summed E-state index contributed by atoms with van der Waals surface area (Å²) in [7, 11) is 0. The van der Waals surface area contributed by atoms with E-state index in [9.17, 15) is 4.79 Å². The molecule has 0 saturated heterocycles. The highest BCUT2D eigenvalue weighted by Gasteiger charge is 2.10. The molecule has 5 heteroatoms. The Morgan fingerprint density at radius 2 is 1.81 bits per heavy atom. The SMILES string of the molecule is C=C(C(=O)NCc1ccc(OCc2ccccc2)cc1)C(N)=N/C(C)=C\C. The van der Waals surface area contributed by atoms with Gasteiger partial charge in [0.15, 0.2) is 0 Å². The Kier molecular flexibility index (Phi) is 7.37. The molecule has 0 heterocycles. The number of carbonyl (C=O) groups is 1. The Hall–Kier alpha value is -3.34. The maximum absolute atomic E-state index is 12.1. The largest absolute Gasteiger partial charge is 0.489 e. The third-order valence-corrected chi connectivity index (χ3v) is 3.92. The van der Waals surface area contributed by atoms with Crippen molar-refractivity contribution in [3.8, 4) is 5.75 Å². The first-order valence-electron chi connectivity index (χ1n) is 8.70. The Balaban J connectivity index is 1.84. The lowest BCUT2D eigenvalue weighted by Gasteiger charge is -2.09. The molecule has 0 unspecified atom stereocenters. The van der Waals surface area contributed by atoms with Crippen molar-refractivity contribution in [2.45, 2.75) is 27.0 Å². The van der Waals surface area contributed by atoms with E-state index in [0.717, 1.165) is 22.6 Å². The molecule has 0 saturated carbocycles. The van der Waals surface area contributed by atoms with Gasteiger partial charge in [0.1, 0.15) is 18.2 Å². The van der Waals surface area contributed by atoms with Gasteiger partial charge in [0.05, 0.1) is 5.57 Å². The summed E-state index contributed by atoms with van der Waals surface area (Å²) in [5.41, 5.74) is 8.74. The number of nitrogens with one attached hydrogen (secondary N) is 1. The van der Waals surface area contributed by atoms with E-state index in [1.807, 2.05) is 61.5 Å². The van der Waals surface area contributed by atoms with Gasteiger partial charge in [0.25, 0.3) is 5.91 Å². The lowest BCUT2D eigenvalue weighted by Crippen LogP contribution is -2.30.